The minimum Gasteiger partial charge on any atom is -0.493 e. The van der Waals surface area contributed by atoms with Crippen molar-refractivity contribution in [3.8, 4) is 11.5 Å². The minimum atomic E-state index is 0.0383. The van der Waals surface area contributed by atoms with Crippen LogP contribution in [0.25, 0.3) is 0 Å². The molecule has 3 rings (SSSR count). The Balaban J connectivity index is 1.70. The van der Waals surface area contributed by atoms with E-state index < -0.39 is 0 Å². The van der Waals surface area contributed by atoms with E-state index in [0.29, 0.717) is 18.0 Å². The van der Waals surface area contributed by atoms with Crippen molar-refractivity contribution in [3.63, 3.8) is 0 Å². The molecule has 0 bridgehead atoms. The number of hydrogen-bond acceptors (Lipinski definition) is 4. The zero-order valence-corrected chi connectivity index (χ0v) is 13.5. The number of benzene rings is 2. The van der Waals surface area contributed by atoms with Gasteiger partial charge in [-0.25, -0.2) is 0 Å². The zero-order valence-electron chi connectivity index (χ0n) is 13.5. The Kier molecular flexibility index (Phi) is 4.93. The second kappa shape index (κ2) is 7.29. The Morgan fingerprint density at radius 2 is 1.96 bits per heavy atom. The zero-order chi connectivity index (χ0) is 16.1. The van der Waals surface area contributed by atoms with Crippen LogP contribution in [0.1, 0.15) is 22.8 Å². The van der Waals surface area contributed by atoms with Gasteiger partial charge >= 0.3 is 0 Å². The SMILES string of the molecule is COc1ccc(C=NC[C@@H]2OCCc3ccccc32)cc1OC. The van der Waals surface area contributed by atoms with Crippen LogP contribution in [0.15, 0.2) is 47.5 Å². The second-order valence-corrected chi connectivity index (χ2v) is 5.42. The molecule has 2 aromatic carbocycles. The molecular formula is C19H21NO3. The maximum atomic E-state index is 5.87. The fraction of sp³-hybridized carbons (Fsp3) is 0.316. The van der Waals surface area contributed by atoms with Crippen LogP contribution in [0.3, 0.4) is 0 Å². The Bertz CT molecular complexity index is 697. The maximum Gasteiger partial charge on any atom is 0.161 e. The molecule has 4 nitrogen and oxygen atoms in total. The molecule has 1 heterocycles. The van der Waals surface area contributed by atoms with Gasteiger partial charge in [-0.2, -0.15) is 0 Å². The van der Waals surface area contributed by atoms with Crippen molar-refractivity contribution in [1.82, 2.24) is 0 Å². The van der Waals surface area contributed by atoms with Crippen molar-refractivity contribution in [3.05, 3.63) is 59.2 Å². The highest BCUT2D eigenvalue weighted by molar-refractivity contribution is 5.81. The molecule has 0 amide bonds. The van der Waals surface area contributed by atoms with Crippen molar-refractivity contribution in [2.45, 2.75) is 12.5 Å². The molecule has 4 heteroatoms. The van der Waals surface area contributed by atoms with E-state index >= 15 is 0 Å². The van der Waals surface area contributed by atoms with Crippen molar-refractivity contribution >= 4 is 6.21 Å². The summed E-state index contributed by atoms with van der Waals surface area (Å²) in [5.74, 6) is 1.42. The summed E-state index contributed by atoms with van der Waals surface area (Å²) in [6.45, 7) is 1.37. The fourth-order valence-electron chi connectivity index (χ4n) is 2.81. The Morgan fingerprint density at radius 1 is 1.13 bits per heavy atom. The standard InChI is InChI=1S/C19H21NO3/c1-21-17-8-7-14(11-18(17)22-2)12-20-13-19-16-6-4-3-5-15(16)9-10-23-19/h3-8,11-12,19H,9-10,13H2,1-2H3/t19-/m0/s1. The van der Waals surface area contributed by atoms with Crippen LogP contribution in [0.2, 0.25) is 0 Å². The smallest absolute Gasteiger partial charge is 0.161 e. The third-order valence-corrected chi connectivity index (χ3v) is 4.01. The largest absolute Gasteiger partial charge is 0.493 e. The lowest BCUT2D eigenvalue weighted by molar-refractivity contribution is 0.0489. The van der Waals surface area contributed by atoms with Gasteiger partial charge in [0.15, 0.2) is 11.5 Å². The Morgan fingerprint density at radius 3 is 2.78 bits per heavy atom. The highest BCUT2D eigenvalue weighted by Gasteiger charge is 2.19. The van der Waals surface area contributed by atoms with E-state index in [1.165, 1.54) is 11.1 Å². The van der Waals surface area contributed by atoms with E-state index in [1.807, 2.05) is 24.4 Å². The van der Waals surface area contributed by atoms with Crippen molar-refractivity contribution in [2.24, 2.45) is 4.99 Å². The number of ether oxygens (including phenoxy) is 3. The molecule has 0 radical (unpaired) electrons. The third-order valence-electron chi connectivity index (χ3n) is 4.01. The average Bonchev–Trinajstić information content (AvgIpc) is 2.61. The molecule has 0 aliphatic carbocycles. The first-order valence-electron chi connectivity index (χ1n) is 7.73. The van der Waals surface area contributed by atoms with E-state index in [-0.39, 0.29) is 6.10 Å². The molecule has 1 aliphatic heterocycles. The number of rotatable bonds is 5. The molecule has 0 fully saturated rings. The Hall–Kier alpha value is -2.33. The summed E-state index contributed by atoms with van der Waals surface area (Å²) in [6.07, 6.45) is 2.87. The molecule has 0 saturated carbocycles. The number of nitrogens with zero attached hydrogens (tertiary/aromatic N) is 1. The van der Waals surface area contributed by atoms with Gasteiger partial charge in [0.05, 0.1) is 27.4 Å². The molecule has 0 N–H and O–H groups in total. The molecule has 1 aliphatic rings. The highest BCUT2D eigenvalue weighted by atomic mass is 16.5. The molecular weight excluding hydrogens is 290 g/mol. The van der Waals surface area contributed by atoms with Gasteiger partial charge in [-0.05, 0) is 41.3 Å². The lowest BCUT2D eigenvalue weighted by atomic mass is 9.98. The number of methoxy groups -OCH3 is 2. The highest BCUT2D eigenvalue weighted by Crippen LogP contribution is 2.28. The van der Waals surface area contributed by atoms with E-state index in [0.717, 1.165) is 18.6 Å². The van der Waals surface area contributed by atoms with Gasteiger partial charge in [0.25, 0.3) is 0 Å². The predicted molar refractivity (Wildman–Crippen MR) is 90.8 cm³/mol. The van der Waals surface area contributed by atoms with Gasteiger partial charge in [0, 0.05) is 6.21 Å². The summed E-state index contributed by atoms with van der Waals surface area (Å²) in [7, 11) is 3.26. The fourth-order valence-corrected chi connectivity index (χ4v) is 2.81. The van der Waals surface area contributed by atoms with Gasteiger partial charge in [0.1, 0.15) is 6.10 Å². The molecule has 120 valence electrons. The summed E-state index contributed by atoms with van der Waals surface area (Å²) >= 11 is 0. The van der Waals surface area contributed by atoms with Gasteiger partial charge in [-0.3, -0.25) is 4.99 Å². The van der Waals surface area contributed by atoms with Gasteiger partial charge in [-0.1, -0.05) is 24.3 Å². The van der Waals surface area contributed by atoms with Crippen molar-refractivity contribution in [2.75, 3.05) is 27.4 Å². The van der Waals surface area contributed by atoms with Crippen LogP contribution in [-0.4, -0.2) is 33.6 Å². The van der Waals surface area contributed by atoms with E-state index in [9.17, 15) is 0 Å². The summed E-state index contributed by atoms with van der Waals surface area (Å²) in [6, 6.07) is 14.2. The van der Waals surface area contributed by atoms with Gasteiger partial charge < -0.3 is 14.2 Å². The minimum absolute atomic E-state index is 0.0383. The van der Waals surface area contributed by atoms with Crippen LogP contribution < -0.4 is 9.47 Å². The monoisotopic (exact) mass is 311 g/mol. The number of fused-ring (bicyclic) bond motifs is 1. The van der Waals surface area contributed by atoms with Crippen LogP contribution in [0, 0.1) is 0 Å². The summed E-state index contributed by atoms with van der Waals surface area (Å²) < 4.78 is 16.4. The van der Waals surface area contributed by atoms with E-state index in [2.05, 4.69) is 29.3 Å². The topological polar surface area (TPSA) is 40.0 Å². The quantitative estimate of drug-likeness (QED) is 0.794. The van der Waals surface area contributed by atoms with E-state index in [4.69, 9.17) is 14.2 Å². The molecule has 1 atom stereocenters. The average molecular weight is 311 g/mol. The third kappa shape index (κ3) is 3.54. The van der Waals surface area contributed by atoms with Gasteiger partial charge in [0.2, 0.25) is 0 Å². The summed E-state index contributed by atoms with van der Waals surface area (Å²) in [5, 5.41) is 0. The number of aliphatic imine (C=N–C) groups is 1. The van der Waals surface area contributed by atoms with Crippen molar-refractivity contribution in [1.29, 1.82) is 0 Å². The van der Waals surface area contributed by atoms with Crippen molar-refractivity contribution < 1.29 is 14.2 Å². The first kappa shape index (κ1) is 15.6. The maximum absolute atomic E-state index is 5.87. The molecule has 23 heavy (non-hydrogen) atoms. The van der Waals surface area contributed by atoms with Crippen LogP contribution >= 0.6 is 0 Å². The predicted octanol–water partition coefficient (Wildman–Crippen LogP) is 3.44. The van der Waals surface area contributed by atoms with Crippen LogP contribution in [-0.2, 0) is 11.2 Å². The van der Waals surface area contributed by atoms with E-state index in [1.54, 1.807) is 14.2 Å². The molecule has 0 saturated heterocycles. The molecule has 2 aromatic rings. The second-order valence-electron chi connectivity index (χ2n) is 5.42. The summed E-state index contributed by atoms with van der Waals surface area (Å²) in [4.78, 5) is 4.55. The number of hydrogen-bond donors (Lipinski definition) is 0. The first-order valence-corrected chi connectivity index (χ1v) is 7.73. The van der Waals surface area contributed by atoms with Crippen LogP contribution in [0.4, 0.5) is 0 Å². The van der Waals surface area contributed by atoms with Gasteiger partial charge in [-0.15, -0.1) is 0 Å². The van der Waals surface area contributed by atoms with Crippen LogP contribution in [0.5, 0.6) is 11.5 Å². The molecule has 0 unspecified atom stereocenters. The normalized spacial score (nSPS) is 17.0. The Labute approximate surface area is 136 Å². The lowest BCUT2D eigenvalue weighted by Crippen LogP contribution is -2.18. The molecule has 0 aromatic heterocycles. The lowest BCUT2D eigenvalue weighted by Gasteiger charge is -2.24. The first-order chi connectivity index (χ1) is 11.3. The molecule has 0 spiro atoms. The summed E-state index contributed by atoms with van der Waals surface area (Å²) in [5.41, 5.74) is 3.60.